The Kier molecular flexibility index (Phi) is 12.0. The Labute approximate surface area is 208 Å². The largest absolute Gasteiger partial charge is 0.467 e. The minimum absolute atomic E-state index is 0. The molecule has 1 aromatic carbocycles. The van der Waals surface area contributed by atoms with Crippen LogP contribution in [0.4, 0.5) is 4.39 Å². The maximum atomic E-state index is 14.0. The summed E-state index contributed by atoms with van der Waals surface area (Å²) in [5.41, 5.74) is 1.62. The van der Waals surface area contributed by atoms with Crippen LogP contribution >= 0.6 is 24.0 Å². The van der Waals surface area contributed by atoms with E-state index in [1.165, 1.54) is 6.07 Å². The summed E-state index contributed by atoms with van der Waals surface area (Å²) < 4.78 is 30.4. The average molecular weight is 564 g/mol. The maximum absolute atomic E-state index is 14.0. The van der Waals surface area contributed by atoms with E-state index in [-0.39, 0.29) is 36.6 Å². The van der Waals surface area contributed by atoms with Crippen molar-refractivity contribution in [3.8, 4) is 5.75 Å². The van der Waals surface area contributed by atoms with Crippen LogP contribution in [0.15, 0.2) is 17.1 Å². The van der Waals surface area contributed by atoms with Gasteiger partial charge in [-0.3, -0.25) is 9.89 Å². The van der Waals surface area contributed by atoms with Crippen LogP contribution in [-0.4, -0.2) is 69.6 Å². The lowest BCUT2D eigenvalue weighted by atomic mass is 10.0. The summed E-state index contributed by atoms with van der Waals surface area (Å²) in [5.74, 6) is 1.90. The van der Waals surface area contributed by atoms with Crippen molar-refractivity contribution in [3.05, 3.63) is 29.1 Å². The summed E-state index contributed by atoms with van der Waals surface area (Å²) in [7, 11) is 0. The Morgan fingerprint density at radius 3 is 2.69 bits per heavy atom. The summed E-state index contributed by atoms with van der Waals surface area (Å²) in [6, 6.07) is 3.44. The second kappa shape index (κ2) is 14.2. The molecule has 32 heavy (non-hydrogen) atoms. The Balaban J connectivity index is 0.00000363. The minimum Gasteiger partial charge on any atom is -0.467 e. The minimum atomic E-state index is -0.259. The van der Waals surface area contributed by atoms with Gasteiger partial charge in [-0.2, -0.15) is 0 Å². The number of hydrogen-bond donors (Lipinski definition) is 2. The van der Waals surface area contributed by atoms with Gasteiger partial charge in [0.1, 0.15) is 11.6 Å². The highest BCUT2D eigenvalue weighted by Crippen LogP contribution is 2.29. The number of aliphatic imine (C=N–C) groups is 1. The van der Waals surface area contributed by atoms with Gasteiger partial charge in [0, 0.05) is 37.8 Å². The molecule has 0 bridgehead atoms. The second-order valence-electron chi connectivity index (χ2n) is 8.49. The molecule has 182 valence electrons. The highest BCUT2D eigenvalue weighted by molar-refractivity contribution is 14.0. The van der Waals surface area contributed by atoms with Crippen molar-refractivity contribution in [2.24, 2.45) is 10.9 Å². The summed E-state index contributed by atoms with van der Waals surface area (Å²) in [4.78, 5) is 7.36. The third kappa shape index (κ3) is 8.31. The van der Waals surface area contributed by atoms with E-state index in [2.05, 4.69) is 36.3 Å². The fourth-order valence-corrected chi connectivity index (χ4v) is 4.12. The summed E-state index contributed by atoms with van der Waals surface area (Å²) in [6.07, 6.45) is 1.75. The van der Waals surface area contributed by atoms with Gasteiger partial charge >= 0.3 is 0 Å². The fourth-order valence-electron chi connectivity index (χ4n) is 4.12. The molecule has 9 heteroatoms. The quantitative estimate of drug-likeness (QED) is 0.273. The van der Waals surface area contributed by atoms with Gasteiger partial charge in [0.25, 0.3) is 0 Å². The predicted octanol–water partition coefficient (Wildman–Crippen LogP) is 3.15. The van der Waals surface area contributed by atoms with Crippen LogP contribution < -0.4 is 15.4 Å². The van der Waals surface area contributed by atoms with Crippen molar-refractivity contribution in [2.45, 2.75) is 46.3 Å². The first-order valence-corrected chi connectivity index (χ1v) is 11.4. The number of nitrogens with one attached hydrogen (secondary N) is 2. The number of morpholine rings is 1. The van der Waals surface area contributed by atoms with E-state index in [0.717, 1.165) is 68.6 Å². The van der Waals surface area contributed by atoms with Crippen LogP contribution in [0.25, 0.3) is 0 Å². The monoisotopic (exact) mass is 564 g/mol. The first-order chi connectivity index (χ1) is 15.1. The molecule has 0 amide bonds. The van der Waals surface area contributed by atoms with Gasteiger partial charge < -0.3 is 24.8 Å². The number of fused-ring (bicyclic) bond motifs is 1. The molecule has 2 N–H and O–H groups in total. The fraction of sp³-hybridized carbons (Fsp3) is 0.696. The van der Waals surface area contributed by atoms with E-state index in [9.17, 15) is 4.39 Å². The lowest BCUT2D eigenvalue weighted by Gasteiger charge is -2.34. The molecule has 2 heterocycles. The van der Waals surface area contributed by atoms with Gasteiger partial charge in [0.15, 0.2) is 12.8 Å². The van der Waals surface area contributed by atoms with Crippen molar-refractivity contribution < 1.29 is 18.6 Å². The molecular formula is C23H38FIN4O3. The summed E-state index contributed by atoms with van der Waals surface area (Å²) in [5, 5.41) is 6.72. The summed E-state index contributed by atoms with van der Waals surface area (Å²) >= 11 is 0. The lowest BCUT2D eigenvalue weighted by molar-refractivity contribution is -0.0172. The van der Waals surface area contributed by atoms with Crippen molar-refractivity contribution in [2.75, 3.05) is 52.7 Å². The number of halogens is 2. The van der Waals surface area contributed by atoms with Crippen molar-refractivity contribution in [3.63, 3.8) is 0 Å². The number of nitrogens with zero attached hydrogens (tertiary/aromatic N) is 2. The molecule has 0 spiro atoms. The molecular weight excluding hydrogens is 526 g/mol. The molecule has 2 aliphatic rings. The Bertz CT molecular complexity index is 729. The molecule has 0 aliphatic carbocycles. The molecule has 0 saturated carbocycles. The highest BCUT2D eigenvalue weighted by Gasteiger charge is 2.22. The van der Waals surface area contributed by atoms with Crippen LogP contribution in [0.5, 0.6) is 5.75 Å². The van der Waals surface area contributed by atoms with Crippen molar-refractivity contribution in [1.82, 2.24) is 15.5 Å². The zero-order valence-electron chi connectivity index (χ0n) is 19.5. The van der Waals surface area contributed by atoms with Gasteiger partial charge in [-0.15, -0.1) is 24.0 Å². The van der Waals surface area contributed by atoms with Gasteiger partial charge in [-0.1, -0.05) is 13.8 Å². The van der Waals surface area contributed by atoms with Crippen LogP contribution in [0, 0.1) is 11.7 Å². The lowest BCUT2D eigenvalue weighted by Crippen LogP contribution is -2.46. The maximum Gasteiger partial charge on any atom is 0.191 e. The van der Waals surface area contributed by atoms with E-state index >= 15 is 0 Å². The zero-order chi connectivity index (χ0) is 22.1. The number of guanidine groups is 1. The van der Waals surface area contributed by atoms with E-state index in [1.54, 1.807) is 6.07 Å². The van der Waals surface area contributed by atoms with E-state index in [4.69, 9.17) is 19.2 Å². The standard InChI is InChI=1S/C23H37FN4O3.HI/c1-4-25-23(27-14-21(11-17(2)3)28-7-9-29-10-8-28)26-6-5-18-12-20(24)13-19-15-30-16-31-22(18)19;/h12-13,17,21H,4-11,14-16H2,1-3H3,(H2,25,26,27);1H. The number of benzene rings is 1. The van der Waals surface area contributed by atoms with Gasteiger partial charge in [-0.05, 0) is 43.4 Å². The average Bonchev–Trinajstić information content (AvgIpc) is 2.76. The van der Waals surface area contributed by atoms with E-state index in [1.807, 2.05) is 0 Å². The number of rotatable bonds is 9. The van der Waals surface area contributed by atoms with E-state index < -0.39 is 0 Å². The van der Waals surface area contributed by atoms with Crippen molar-refractivity contribution in [1.29, 1.82) is 0 Å². The molecule has 0 aromatic heterocycles. The van der Waals surface area contributed by atoms with Crippen LogP contribution in [0.1, 0.15) is 38.3 Å². The normalized spacial score (nSPS) is 17.8. The molecule has 3 rings (SSSR count). The number of ether oxygens (including phenoxy) is 3. The number of hydrogen-bond acceptors (Lipinski definition) is 5. The third-order valence-electron chi connectivity index (χ3n) is 5.55. The molecule has 1 unspecified atom stereocenters. The van der Waals surface area contributed by atoms with Crippen LogP contribution in [-0.2, 0) is 22.5 Å². The Morgan fingerprint density at radius 2 is 1.97 bits per heavy atom. The molecule has 2 aliphatic heterocycles. The van der Waals surface area contributed by atoms with Gasteiger partial charge in [-0.25, -0.2) is 4.39 Å². The first kappa shape index (κ1) is 27.1. The van der Waals surface area contributed by atoms with Crippen molar-refractivity contribution >= 4 is 29.9 Å². The van der Waals surface area contributed by atoms with Gasteiger partial charge in [0.2, 0.25) is 0 Å². The predicted molar refractivity (Wildman–Crippen MR) is 135 cm³/mol. The second-order valence-corrected chi connectivity index (χ2v) is 8.49. The zero-order valence-corrected chi connectivity index (χ0v) is 21.8. The van der Waals surface area contributed by atoms with Crippen LogP contribution in [0.2, 0.25) is 0 Å². The highest BCUT2D eigenvalue weighted by atomic mass is 127. The smallest absolute Gasteiger partial charge is 0.191 e. The topological polar surface area (TPSA) is 67.4 Å². The van der Waals surface area contributed by atoms with Crippen LogP contribution in [0.3, 0.4) is 0 Å². The summed E-state index contributed by atoms with van der Waals surface area (Å²) in [6.45, 7) is 12.8. The molecule has 1 saturated heterocycles. The van der Waals surface area contributed by atoms with E-state index in [0.29, 0.717) is 31.5 Å². The third-order valence-corrected chi connectivity index (χ3v) is 5.55. The molecule has 0 radical (unpaired) electrons. The molecule has 1 atom stereocenters. The molecule has 1 fully saturated rings. The Hall–Kier alpha value is -1.17. The Morgan fingerprint density at radius 1 is 1.19 bits per heavy atom. The SMILES string of the molecule is CCNC(=NCC(CC(C)C)N1CCOCC1)NCCc1cc(F)cc2c1OCOC2.I. The van der Waals surface area contributed by atoms with Gasteiger partial charge in [0.05, 0.1) is 26.4 Å². The molecule has 1 aromatic rings. The first-order valence-electron chi connectivity index (χ1n) is 11.4. The molecule has 7 nitrogen and oxygen atoms in total.